The van der Waals surface area contributed by atoms with E-state index in [-0.39, 0.29) is 6.61 Å². The Morgan fingerprint density at radius 1 is 1.15 bits per heavy atom. The molecule has 0 radical (unpaired) electrons. The predicted molar refractivity (Wildman–Crippen MR) is 101 cm³/mol. The van der Waals surface area contributed by atoms with Crippen LogP contribution in [-0.4, -0.2) is 30.8 Å². The molecule has 0 atom stereocenters. The first-order valence-corrected chi connectivity index (χ1v) is 9.31. The van der Waals surface area contributed by atoms with Crippen molar-refractivity contribution in [3.05, 3.63) is 51.5 Å². The van der Waals surface area contributed by atoms with Gasteiger partial charge in [0.2, 0.25) is 0 Å². The number of nitrogens with one attached hydrogen (secondary N) is 2. The van der Waals surface area contributed by atoms with Gasteiger partial charge in [-0.15, -0.1) is 11.3 Å². The Kier molecular flexibility index (Phi) is 8.05. The molecule has 0 bridgehead atoms. The number of aromatic nitrogens is 1. The highest BCUT2D eigenvalue weighted by Gasteiger charge is 2.27. The number of nitrogens with zero attached hydrogens (tertiary/aromatic N) is 2. The van der Waals surface area contributed by atoms with Crippen LogP contribution in [-0.2, 0) is 30.9 Å². The summed E-state index contributed by atoms with van der Waals surface area (Å²) in [5, 5.41) is 7.40. The molecule has 2 rings (SSSR count). The van der Waals surface area contributed by atoms with Crippen molar-refractivity contribution in [3.8, 4) is 0 Å². The van der Waals surface area contributed by atoms with Crippen LogP contribution in [0.2, 0.25) is 0 Å². The minimum absolute atomic E-state index is 0.0655. The second-order valence-electron chi connectivity index (χ2n) is 5.78. The topological polar surface area (TPSA) is 58.5 Å². The predicted octanol–water partition coefficient (Wildman–Crippen LogP) is 3.65. The molecular formula is C18H23F3N4OS. The molecule has 0 fully saturated rings. The van der Waals surface area contributed by atoms with E-state index in [9.17, 15) is 13.2 Å². The van der Waals surface area contributed by atoms with E-state index in [2.05, 4.69) is 32.3 Å². The average molecular weight is 400 g/mol. The molecule has 1 aromatic carbocycles. The highest BCUT2D eigenvalue weighted by atomic mass is 32.1. The highest BCUT2D eigenvalue weighted by Crippen LogP contribution is 2.16. The molecule has 1 heterocycles. The molecule has 0 aliphatic rings. The second-order valence-corrected chi connectivity index (χ2v) is 6.98. The lowest BCUT2D eigenvalue weighted by atomic mass is 10.1. The summed E-state index contributed by atoms with van der Waals surface area (Å²) in [6.45, 7) is 1.93. The third-order valence-corrected chi connectivity index (χ3v) is 4.74. The van der Waals surface area contributed by atoms with Crippen molar-refractivity contribution < 1.29 is 17.9 Å². The van der Waals surface area contributed by atoms with Crippen molar-refractivity contribution >= 4 is 17.3 Å². The van der Waals surface area contributed by atoms with Crippen LogP contribution in [0.4, 0.5) is 13.2 Å². The third kappa shape index (κ3) is 7.96. The molecule has 27 heavy (non-hydrogen) atoms. The summed E-state index contributed by atoms with van der Waals surface area (Å²) in [7, 11) is 1.69. The van der Waals surface area contributed by atoms with Crippen LogP contribution in [0.25, 0.3) is 0 Å². The number of aryl methyl sites for hydroxylation is 1. The molecule has 0 saturated carbocycles. The summed E-state index contributed by atoms with van der Waals surface area (Å²) in [5.74, 6) is 0.654. The lowest BCUT2D eigenvalue weighted by Gasteiger charge is -2.11. The lowest BCUT2D eigenvalue weighted by molar-refractivity contribution is -0.176. The molecular weight excluding hydrogens is 377 g/mol. The van der Waals surface area contributed by atoms with Gasteiger partial charge < -0.3 is 15.4 Å². The molecule has 2 N–H and O–H groups in total. The summed E-state index contributed by atoms with van der Waals surface area (Å²) < 4.78 is 40.9. The van der Waals surface area contributed by atoms with Gasteiger partial charge in [-0.3, -0.25) is 4.99 Å². The van der Waals surface area contributed by atoms with E-state index in [1.807, 2.05) is 18.3 Å². The maximum atomic E-state index is 12.1. The maximum Gasteiger partial charge on any atom is 0.411 e. The van der Waals surface area contributed by atoms with Gasteiger partial charge in [-0.25, -0.2) is 4.98 Å². The number of rotatable bonds is 8. The van der Waals surface area contributed by atoms with Gasteiger partial charge in [0.1, 0.15) is 11.6 Å². The van der Waals surface area contributed by atoms with Gasteiger partial charge >= 0.3 is 6.18 Å². The van der Waals surface area contributed by atoms with Gasteiger partial charge in [0.05, 0.1) is 13.2 Å². The fourth-order valence-corrected chi connectivity index (χ4v) is 3.00. The quantitative estimate of drug-likeness (QED) is 0.525. The zero-order valence-corrected chi connectivity index (χ0v) is 16.1. The number of thiazole rings is 1. The summed E-state index contributed by atoms with van der Waals surface area (Å²) in [4.78, 5) is 9.77. The minimum atomic E-state index is -4.30. The number of hydrogen-bond donors (Lipinski definition) is 2. The molecule has 1 aromatic heterocycles. The normalized spacial score (nSPS) is 12.3. The smallest absolute Gasteiger partial charge is 0.367 e. The Morgan fingerprint density at radius 3 is 2.41 bits per heavy atom. The third-order valence-electron chi connectivity index (χ3n) is 3.60. The first kappa shape index (κ1) is 21.2. The first-order valence-electron chi connectivity index (χ1n) is 8.50. The van der Waals surface area contributed by atoms with Gasteiger partial charge in [-0.1, -0.05) is 31.2 Å². The zero-order valence-electron chi connectivity index (χ0n) is 15.3. The van der Waals surface area contributed by atoms with Crippen LogP contribution in [0.5, 0.6) is 0 Å². The monoisotopic (exact) mass is 400 g/mol. The van der Waals surface area contributed by atoms with Crippen LogP contribution >= 0.6 is 11.3 Å². The van der Waals surface area contributed by atoms with Gasteiger partial charge in [0.25, 0.3) is 0 Å². The van der Waals surface area contributed by atoms with Crippen molar-refractivity contribution in [2.45, 2.75) is 39.2 Å². The average Bonchev–Trinajstić information content (AvgIpc) is 3.10. The molecule has 0 unspecified atom stereocenters. The van der Waals surface area contributed by atoms with E-state index < -0.39 is 12.8 Å². The molecule has 2 aromatic rings. The van der Waals surface area contributed by atoms with Crippen molar-refractivity contribution in [3.63, 3.8) is 0 Å². The van der Waals surface area contributed by atoms with E-state index in [4.69, 9.17) is 0 Å². The van der Waals surface area contributed by atoms with Crippen LogP contribution in [0.15, 0.2) is 35.5 Å². The van der Waals surface area contributed by atoms with Crippen molar-refractivity contribution in [1.82, 2.24) is 15.6 Å². The number of hydrogen-bond acceptors (Lipinski definition) is 4. The Hall–Kier alpha value is -2.13. The summed E-state index contributed by atoms with van der Waals surface area (Å²) >= 11 is 1.67. The standard InChI is InChI=1S/C18H23F3N4OS/c1-3-15-9-23-16(27-15)10-25-17(22-2)24-8-13-4-6-14(7-5-13)11-26-12-18(19,20)21/h4-7,9H,3,8,10-12H2,1-2H3,(H2,22,24,25). The van der Waals surface area contributed by atoms with Crippen LogP contribution in [0.1, 0.15) is 27.9 Å². The highest BCUT2D eigenvalue weighted by molar-refractivity contribution is 7.11. The van der Waals surface area contributed by atoms with E-state index in [0.717, 1.165) is 17.0 Å². The number of aliphatic imine (C=N–C) groups is 1. The van der Waals surface area contributed by atoms with Gasteiger partial charge in [0, 0.05) is 24.7 Å². The molecule has 0 saturated heterocycles. The maximum absolute atomic E-state index is 12.1. The minimum Gasteiger partial charge on any atom is -0.367 e. The largest absolute Gasteiger partial charge is 0.411 e. The van der Waals surface area contributed by atoms with E-state index in [0.29, 0.717) is 24.6 Å². The fraction of sp³-hybridized carbons (Fsp3) is 0.444. The Bertz CT molecular complexity index is 729. The summed E-state index contributed by atoms with van der Waals surface area (Å²) in [6.07, 6.45) is -1.44. The van der Waals surface area contributed by atoms with E-state index in [1.54, 1.807) is 30.5 Å². The molecule has 0 aliphatic carbocycles. The number of ether oxygens (including phenoxy) is 1. The van der Waals surface area contributed by atoms with Gasteiger partial charge in [0.15, 0.2) is 5.96 Å². The van der Waals surface area contributed by atoms with Crippen molar-refractivity contribution in [1.29, 1.82) is 0 Å². The molecule has 5 nitrogen and oxygen atoms in total. The van der Waals surface area contributed by atoms with Crippen molar-refractivity contribution in [2.75, 3.05) is 13.7 Å². The SMILES string of the molecule is CCc1cnc(CNC(=NC)NCc2ccc(COCC(F)(F)F)cc2)s1. The first-order chi connectivity index (χ1) is 12.9. The van der Waals surface area contributed by atoms with Crippen molar-refractivity contribution in [2.24, 2.45) is 4.99 Å². The molecule has 148 valence electrons. The zero-order chi connectivity index (χ0) is 19.7. The summed E-state index contributed by atoms with van der Waals surface area (Å²) in [6, 6.07) is 7.21. The Morgan fingerprint density at radius 2 is 1.81 bits per heavy atom. The van der Waals surface area contributed by atoms with Crippen LogP contribution in [0.3, 0.4) is 0 Å². The molecule has 9 heteroatoms. The Labute approximate surface area is 160 Å². The number of alkyl halides is 3. The van der Waals surface area contributed by atoms with Crippen LogP contribution < -0.4 is 10.6 Å². The van der Waals surface area contributed by atoms with Gasteiger partial charge in [-0.2, -0.15) is 13.2 Å². The number of guanidine groups is 1. The lowest BCUT2D eigenvalue weighted by Crippen LogP contribution is -2.36. The second kappa shape index (κ2) is 10.3. The van der Waals surface area contributed by atoms with Crippen LogP contribution in [0, 0.1) is 0 Å². The van der Waals surface area contributed by atoms with E-state index in [1.165, 1.54) is 4.88 Å². The molecule has 0 spiro atoms. The molecule has 0 aliphatic heterocycles. The van der Waals surface area contributed by atoms with E-state index >= 15 is 0 Å². The summed E-state index contributed by atoms with van der Waals surface area (Å²) in [5.41, 5.74) is 1.68. The number of halogens is 3. The Balaban J connectivity index is 1.75. The van der Waals surface area contributed by atoms with Gasteiger partial charge in [-0.05, 0) is 17.5 Å². The fourth-order valence-electron chi connectivity index (χ4n) is 2.20. The molecule has 0 amide bonds. The number of benzene rings is 1.